The number of hydrogen-bond donors (Lipinski definition) is 3. The fourth-order valence-corrected chi connectivity index (χ4v) is 9.07. The Kier molecular flexibility index (Phi) is 19.2. The molecule has 4 aromatic carbocycles. The van der Waals surface area contributed by atoms with E-state index in [4.69, 9.17) is 86.1 Å². The quantitative estimate of drug-likeness (QED) is 0.116. The van der Waals surface area contributed by atoms with E-state index in [0.717, 1.165) is 34.4 Å². The van der Waals surface area contributed by atoms with E-state index in [1.54, 1.807) is 48.5 Å². The van der Waals surface area contributed by atoms with Crippen molar-refractivity contribution >= 4 is 81.9 Å². The number of nitrogens with one attached hydrogen (secondary N) is 1. The molecule has 0 aliphatic carbocycles. The number of amides is 3. The Morgan fingerprint density at radius 3 is 1.37 bits per heavy atom. The Hall–Kier alpha value is -6.22. The molecule has 81 heavy (non-hydrogen) atoms. The standard InChI is InChI=1S/C26H25Cl2F4N3O5.C18H11Cl2F4NO3.C8H16N2O3/c1-13-7-14(5-6-17(13)22(36)33-16-11-35(38-12-16)23(37)39-24(2,3)4)20-10-25(40-34-20,26(30,31)32)15-8-18(27)21(29)19(28)9-15;1-8-4-9(2-3-11(8)16(26)27)14-7-17(28-25-14,18(22,23)24)10-5-12(19)15(21)13(20)6-10;1-8(2,3)13-7(11)10-4-6(9)5-12-10/h5-9,16H,10-12H2,1-4H3,(H,33,36);2-6H,7H2,1H3,(H,26,27);6H,4-5,9H2,1-3H3/t16?,25-;17-;/m00./s1. The zero-order valence-corrected chi connectivity index (χ0v) is 47.1. The molecule has 4 atom stereocenters. The number of carboxylic acids is 1. The maximum absolute atomic E-state index is 14.3. The van der Waals surface area contributed by atoms with Crippen molar-refractivity contribution < 1.29 is 88.2 Å². The highest BCUT2D eigenvalue weighted by Crippen LogP contribution is 2.52. The molecule has 4 aromatic rings. The first-order chi connectivity index (χ1) is 37.3. The molecule has 2 unspecified atom stereocenters. The van der Waals surface area contributed by atoms with Gasteiger partial charge in [0.2, 0.25) is 0 Å². The molecule has 4 aliphatic heterocycles. The van der Waals surface area contributed by atoms with Crippen LogP contribution in [0.15, 0.2) is 71.0 Å². The third-order valence-electron chi connectivity index (χ3n) is 12.1. The van der Waals surface area contributed by atoms with Crippen LogP contribution in [0.25, 0.3) is 0 Å². The average molecular weight is 1230 g/mol. The molecule has 29 heteroatoms. The zero-order valence-electron chi connectivity index (χ0n) is 44.1. The normalized spacial score (nSPS) is 20.9. The van der Waals surface area contributed by atoms with Gasteiger partial charge in [0.15, 0.2) is 11.6 Å². The van der Waals surface area contributed by atoms with Gasteiger partial charge in [-0.25, -0.2) is 23.2 Å². The van der Waals surface area contributed by atoms with Crippen molar-refractivity contribution in [1.82, 2.24) is 15.4 Å². The molecule has 0 radical (unpaired) electrons. The van der Waals surface area contributed by atoms with Crippen LogP contribution in [-0.2, 0) is 40.0 Å². The van der Waals surface area contributed by atoms with Gasteiger partial charge in [0.05, 0.1) is 75.5 Å². The van der Waals surface area contributed by atoms with Crippen LogP contribution in [0.1, 0.15) is 108 Å². The molecule has 0 bridgehead atoms. The van der Waals surface area contributed by atoms with Gasteiger partial charge in [0.1, 0.15) is 11.2 Å². The summed E-state index contributed by atoms with van der Waals surface area (Å²) in [4.78, 5) is 67.6. The Balaban J connectivity index is 0.000000222. The van der Waals surface area contributed by atoms with Crippen LogP contribution in [0, 0.1) is 25.5 Å². The molecule has 2 fully saturated rings. The number of oxime groups is 2. The van der Waals surface area contributed by atoms with Gasteiger partial charge in [0.25, 0.3) is 17.1 Å². The van der Waals surface area contributed by atoms with Gasteiger partial charge in [-0.2, -0.15) is 36.5 Å². The second kappa shape index (κ2) is 24.3. The number of benzene rings is 4. The third-order valence-corrected chi connectivity index (χ3v) is 13.2. The van der Waals surface area contributed by atoms with E-state index in [9.17, 15) is 54.3 Å². The van der Waals surface area contributed by atoms with Crippen LogP contribution in [0.5, 0.6) is 0 Å². The summed E-state index contributed by atoms with van der Waals surface area (Å²) in [6, 6.07) is 11.0. The van der Waals surface area contributed by atoms with Crippen molar-refractivity contribution in [1.29, 1.82) is 0 Å². The second-order valence-electron chi connectivity index (χ2n) is 20.7. The monoisotopic (exact) mass is 1230 g/mol. The number of aryl methyl sites for hydroxylation is 2. The molecule has 440 valence electrons. The summed E-state index contributed by atoms with van der Waals surface area (Å²) in [7, 11) is 0. The first-order valence-electron chi connectivity index (χ1n) is 24.1. The number of halogens is 12. The molecule has 2 saturated heterocycles. The second-order valence-corrected chi connectivity index (χ2v) is 22.4. The Bertz CT molecular complexity index is 3110. The minimum absolute atomic E-state index is 0.0162. The van der Waals surface area contributed by atoms with Gasteiger partial charge in [-0.1, -0.05) is 68.8 Å². The van der Waals surface area contributed by atoms with Crippen molar-refractivity contribution in [3.05, 3.63) is 137 Å². The number of rotatable bonds is 7. The highest BCUT2D eigenvalue weighted by Gasteiger charge is 2.64. The van der Waals surface area contributed by atoms with Crippen molar-refractivity contribution in [2.24, 2.45) is 16.0 Å². The lowest BCUT2D eigenvalue weighted by Crippen LogP contribution is -2.42. The summed E-state index contributed by atoms with van der Waals surface area (Å²) in [5, 5.41) is 19.0. The average Bonchev–Trinajstić information content (AvgIpc) is 4.41. The zero-order chi connectivity index (χ0) is 60.5. The van der Waals surface area contributed by atoms with Gasteiger partial charge in [-0.3, -0.25) is 14.5 Å². The largest absolute Gasteiger partial charge is 0.478 e. The van der Waals surface area contributed by atoms with E-state index in [-0.39, 0.29) is 47.3 Å². The molecule has 8 rings (SSSR count). The van der Waals surface area contributed by atoms with Gasteiger partial charge in [-0.05, 0) is 126 Å². The van der Waals surface area contributed by atoms with Crippen LogP contribution >= 0.6 is 46.4 Å². The molecule has 4 N–H and O–H groups in total. The molecule has 0 saturated carbocycles. The third kappa shape index (κ3) is 14.9. The predicted octanol–water partition coefficient (Wildman–Crippen LogP) is 12.5. The van der Waals surface area contributed by atoms with E-state index < -0.39 is 121 Å². The number of ether oxygens (including phenoxy) is 2. The van der Waals surface area contributed by atoms with Crippen molar-refractivity contribution in [2.45, 2.75) is 115 Å². The minimum atomic E-state index is -4.95. The van der Waals surface area contributed by atoms with Crippen LogP contribution in [-0.4, -0.2) is 113 Å². The Morgan fingerprint density at radius 2 is 1.02 bits per heavy atom. The summed E-state index contributed by atoms with van der Waals surface area (Å²) in [6.07, 6.45) is -12.5. The van der Waals surface area contributed by atoms with Crippen LogP contribution in [0.3, 0.4) is 0 Å². The van der Waals surface area contributed by atoms with Gasteiger partial charge < -0.3 is 35.3 Å². The minimum Gasteiger partial charge on any atom is -0.478 e. The summed E-state index contributed by atoms with van der Waals surface area (Å²) >= 11 is 22.8. The van der Waals surface area contributed by atoms with Gasteiger partial charge >= 0.3 is 30.5 Å². The summed E-state index contributed by atoms with van der Waals surface area (Å²) < 4.78 is 123. The van der Waals surface area contributed by atoms with Crippen LogP contribution in [0.2, 0.25) is 20.1 Å². The van der Waals surface area contributed by atoms with E-state index in [0.29, 0.717) is 29.8 Å². The first kappa shape index (κ1) is 64.0. The summed E-state index contributed by atoms with van der Waals surface area (Å²) in [5.74, 6) is -3.71. The van der Waals surface area contributed by atoms with E-state index in [1.807, 2.05) is 0 Å². The van der Waals surface area contributed by atoms with Gasteiger partial charge in [0, 0.05) is 29.5 Å². The number of hydrogen-bond acceptors (Lipinski definition) is 13. The molecule has 0 aromatic heterocycles. The van der Waals surface area contributed by atoms with E-state index in [2.05, 4.69) is 15.6 Å². The maximum atomic E-state index is 14.3. The summed E-state index contributed by atoms with van der Waals surface area (Å²) in [5.41, 5.74) is -0.918. The number of carbonyl (C=O) groups is 4. The number of aromatic carboxylic acids is 1. The topological polar surface area (TPSA) is 213 Å². The molecule has 17 nitrogen and oxygen atoms in total. The number of hydroxylamine groups is 4. The number of nitrogens with two attached hydrogens (primary N) is 1. The van der Waals surface area contributed by atoms with Crippen molar-refractivity contribution in [3.63, 3.8) is 0 Å². The lowest BCUT2D eigenvalue weighted by atomic mass is 9.86. The molecule has 0 spiro atoms. The SMILES string of the molecule is CC(C)(C)OC(=O)N1CC(N)CO1.Cc1cc(C2=NO[C@@](c3cc(Cl)c(F)c(Cl)c3)(C(F)(F)F)C2)ccc1C(=O)NC1CON(C(=O)OC(C)(C)C)C1.Cc1cc(C2=NO[C@@](c3cc(Cl)c(F)c(Cl)c3)(C(F)(F)F)C2)ccc1C(=O)O. The number of carboxylic acid groups (broad SMARTS) is 1. The molecular weight excluding hydrogens is 1180 g/mol. The maximum Gasteiger partial charge on any atom is 0.435 e. The fourth-order valence-electron chi connectivity index (χ4n) is 8.10. The first-order valence-corrected chi connectivity index (χ1v) is 25.6. The smallest absolute Gasteiger partial charge is 0.435 e. The number of alkyl halides is 6. The predicted molar refractivity (Wildman–Crippen MR) is 279 cm³/mol. The molecule has 4 heterocycles. The molecule has 3 amide bonds. The Labute approximate surface area is 477 Å². The lowest BCUT2D eigenvalue weighted by molar-refractivity contribution is -0.276. The van der Waals surface area contributed by atoms with E-state index >= 15 is 0 Å². The Morgan fingerprint density at radius 1 is 0.642 bits per heavy atom. The molecular formula is C52H52Cl4F8N6O11. The number of carbonyl (C=O) groups excluding carboxylic acids is 3. The highest BCUT2D eigenvalue weighted by molar-refractivity contribution is 6.35. The molecule has 4 aliphatic rings. The number of nitrogens with zero attached hydrogens (tertiary/aromatic N) is 4. The van der Waals surface area contributed by atoms with Crippen molar-refractivity contribution in [2.75, 3.05) is 26.3 Å². The highest BCUT2D eigenvalue weighted by atomic mass is 35.5. The summed E-state index contributed by atoms with van der Waals surface area (Å²) in [6.45, 7) is 14.6. The lowest BCUT2D eigenvalue weighted by Gasteiger charge is -2.29. The van der Waals surface area contributed by atoms with Gasteiger partial charge in [-0.15, -0.1) is 0 Å². The van der Waals surface area contributed by atoms with Crippen LogP contribution in [0.4, 0.5) is 44.7 Å². The van der Waals surface area contributed by atoms with Crippen LogP contribution < -0.4 is 11.1 Å². The fraction of sp³-hybridized carbons (Fsp3) is 0.423. The van der Waals surface area contributed by atoms with Crippen molar-refractivity contribution in [3.8, 4) is 0 Å². The van der Waals surface area contributed by atoms with E-state index in [1.165, 1.54) is 43.3 Å².